The SMILES string of the molecule is CN1C(=O)[C@@H]2[C@H](N(C)C1=O)[C@@]1(Br)C(=O)NC(=O)[C@]21Br. The molecule has 0 radical (unpaired) electrons. The van der Waals surface area contributed by atoms with Crippen LogP contribution in [0.3, 0.4) is 0 Å². The molecule has 0 bridgehead atoms. The van der Waals surface area contributed by atoms with Crippen LogP contribution >= 0.6 is 31.9 Å². The Balaban J connectivity index is 2.17. The first-order valence-corrected chi connectivity index (χ1v) is 7.05. The van der Waals surface area contributed by atoms with Crippen LogP contribution in [-0.4, -0.2) is 62.3 Å². The average Bonchev–Trinajstić information content (AvgIpc) is 2.49. The van der Waals surface area contributed by atoms with E-state index < -0.39 is 44.4 Å². The molecular weight excluding hydrogens is 386 g/mol. The zero-order chi connectivity index (χ0) is 14.3. The molecule has 3 aliphatic rings. The lowest BCUT2D eigenvalue weighted by Crippen LogP contribution is -2.84. The van der Waals surface area contributed by atoms with Gasteiger partial charge in [0.15, 0.2) is 4.32 Å². The van der Waals surface area contributed by atoms with E-state index in [1.165, 1.54) is 19.0 Å². The van der Waals surface area contributed by atoms with Gasteiger partial charge in [-0.3, -0.25) is 24.6 Å². The number of amides is 5. The number of nitrogens with zero attached hydrogens (tertiary/aromatic N) is 2. The lowest BCUT2D eigenvalue weighted by atomic mass is 9.59. The van der Waals surface area contributed by atoms with Gasteiger partial charge >= 0.3 is 6.03 Å². The molecule has 5 amide bonds. The Morgan fingerprint density at radius 3 is 2.16 bits per heavy atom. The highest BCUT2D eigenvalue weighted by molar-refractivity contribution is 9.13. The normalized spacial score (nSPS) is 44.8. The van der Waals surface area contributed by atoms with Crippen molar-refractivity contribution in [2.75, 3.05) is 14.1 Å². The van der Waals surface area contributed by atoms with Crippen LogP contribution in [0, 0.1) is 5.92 Å². The van der Waals surface area contributed by atoms with E-state index >= 15 is 0 Å². The summed E-state index contributed by atoms with van der Waals surface area (Å²) in [6.45, 7) is 0. The van der Waals surface area contributed by atoms with Crippen LogP contribution in [0.5, 0.6) is 0 Å². The molecule has 3 rings (SSSR count). The summed E-state index contributed by atoms with van der Waals surface area (Å²) in [7, 11) is 2.87. The molecule has 2 saturated heterocycles. The van der Waals surface area contributed by atoms with Gasteiger partial charge in [0.1, 0.15) is 4.32 Å². The number of carbonyl (C=O) groups excluding carboxylic acids is 4. The molecule has 7 nitrogen and oxygen atoms in total. The number of imide groups is 2. The quantitative estimate of drug-likeness (QED) is 0.440. The van der Waals surface area contributed by atoms with E-state index in [0.29, 0.717) is 0 Å². The van der Waals surface area contributed by atoms with Crippen molar-refractivity contribution in [2.24, 2.45) is 5.92 Å². The monoisotopic (exact) mass is 393 g/mol. The molecule has 0 spiro atoms. The van der Waals surface area contributed by atoms with Gasteiger partial charge in [0.05, 0.1) is 12.0 Å². The number of carbonyl (C=O) groups is 4. The van der Waals surface area contributed by atoms with E-state index in [0.717, 1.165) is 4.90 Å². The summed E-state index contributed by atoms with van der Waals surface area (Å²) in [6.07, 6.45) is 0. The molecule has 2 heterocycles. The molecule has 0 aromatic carbocycles. The third-order valence-corrected chi connectivity index (χ3v) is 7.64. The number of urea groups is 1. The average molecular weight is 395 g/mol. The second-order valence-electron chi connectivity index (χ2n) is 4.92. The van der Waals surface area contributed by atoms with Crippen LogP contribution in [0.15, 0.2) is 0 Å². The number of rotatable bonds is 0. The van der Waals surface area contributed by atoms with Gasteiger partial charge in [0.25, 0.3) is 0 Å². The summed E-state index contributed by atoms with van der Waals surface area (Å²) in [5, 5.41) is 2.21. The topological polar surface area (TPSA) is 86.8 Å². The minimum atomic E-state index is -1.35. The van der Waals surface area contributed by atoms with Gasteiger partial charge < -0.3 is 4.90 Å². The Morgan fingerprint density at radius 1 is 1.05 bits per heavy atom. The maximum Gasteiger partial charge on any atom is 0.326 e. The van der Waals surface area contributed by atoms with Crippen molar-refractivity contribution >= 4 is 55.6 Å². The molecule has 2 aliphatic heterocycles. The van der Waals surface area contributed by atoms with Crippen molar-refractivity contribution in [1.29, 1.82) is 0 Å². The lowest BCUT2D eigenvalue weighted by molar-refractivity contribution is -0.152. The summed E-state index contributed by atoms with van der Waals surface area (Å²) in [4.78, 5) is 50.4. The summed E-state index contributed by atoms with van der Waals surface area (Å²) in [5.41, 5.74) is 0. The van der Waals surface area contributed by atoms with Gasteiger partial charge in [-0.25, -0.2) is 4.79 Å². The standard InChI is InChI=1S/C10H9Br2N3O4/c1-14-4-3(5(16)15(2)8(14)19)9(11)6(17)13-7(18)10(4,9)12/h3-4H,1-2H3,(H,13,17,18)/t3-,4-,9+,10+/m0/s1. The minimum Gasteiger partial charge on any atom is -0.321 e. The Labute approximate surface area is 124 Å². The molecule has 1 aliphatic carbocycles. The largest absolute Gasteiger partial charge is 0.326 e. The molecule has 1 N–H and O–H groups in total. The van der Waals surface area contributed by atoms with Gasteiger partial charge in [-0.15, -0.1) is 0 Å². The summed E-state index contributed by atoms with van der Waals surface area (Å²) in [6, 6.07) is -1.18. The van der Waals surface area contributed by atoms with Crippen LogP contribution in [0.1, 0.15) is 0 Å². The molecule has 0 aromatic rings. The smallest absolute Gasteiger partial charge is 0.321 e. The van der Waals surface area contributed by atoms with E-state index in [1.54, 1.807) is 0 Å². The van der Waals surface area contributed by atoms with E-state index in [2.05, 4.69) is 37.2 Å². The fourth-order valence-electron chi connectivity index (χ4n) is 3.14. The van der Waals surface area contributed by atoms with Crippen LogP contribution in [0.25, 0.3) is 0 Å². The minimum absolute atomic E-state index is 0.468. The first-order valence-electron chi connectivity index (χ1n) is 5.47. The molecule has 4 atom stereocenters. The zero-order valence-electron chi connectivity index (χ0n) is 9.94. The van der Waals surface area contributed by atoms with Gasteiger partial charge in [-0.2, -0.15) is 0 Å². The van der Waals surface area contributed by atoms with Crippen molar-refractivity contribution in [2.45, 2.75) is 14.7 Å². The number of hydrogen-bond donors (Lipinski definition) is 1. The molecule has 9 heteroatoms. The van der Waals surface area contributed by atoms with Crippen LogP contribution in [0.4, 0.5) is 4.79 Å². The first kappa shape index (κ1) is 13.0. The molecule has 102 valence electrons. The van der Waals surface area contributed by atoms with Crippen molar-refractivity contribution in [3.8, 4) is 0 Å². The zero-order valence-corrected chi connectivity index (χ0v) is 13.1. The molecule has 1 saturated carbocycles. The van der Waals surface area contributed by atoms with Crippen LogP contribution in [-0.2, 0) is 14.4 Å². The second-order valence-corrected chi connectivity index (χ2v) is 7.42. The molecule has 3 fully saturated rings. The summed E-state index contributed by atoms with van der Waals surface area (Å²) >= 11 is 6.52. The van der Waals surface area contributed by atoms with Crippen molar-refractivity contribution in [1.82, 2.24) is 15.1 Å². The van der Waals surface area contributed by atoms with E-state index in [1.807, 2.05) is 0 Å². The number of hydrogen-bond acceptors (Lipinski definition) is 4. The van der Waals surface area contributed by atoms with Crippen molar-refractivity contribution in [3.63, 3.8) is 0 Å². The van der Waals surface area contributed by atoms with Gasteiger partial charge in [-0.05, 0) is 0 Å². The Bertz CT molecular complexity index is 567. The summed E-state index contributed by atoms with van der Waals surface area (Å²) < 4.78 is -2.65. The van der Waals surface area contributed by atoms with Gasteiger partial charge in [0, 0.05) is 14.1 Å². The van der Waals surface area contributed by atoms with Gasteiger partial charge in [-0.1, -0.05) is 31.9 Å². The highest BCUT2D eigenvalue weighted by Crippen LogP contribution is 2.64. The number of halogens is 2. The third-order valence-electron chi connectivity index (χ3n) is 4.17. The van der Waals surface area contributed by atoms with Crippen molar-refractivity contribution in [3.05, 3.63) is 0 Å². The highest BCUT2D eigenvalue weighted by atomic mass is 79.9. The molecular formula is C10H9Br2N3O4. The first-order chi connectivity index (χ1) is 8.69. The van der Waals surface area contributed by atoms with Crippen LogP contribution in [0.2, 0.25) is 0 Å². The van der Waals surface area contributed by atoms with E-state index in [-0.39, 0.29) is 0 Å². The Hall–Kier alpha value is -0.960. The fraction of sp³-hybridized carbons (Fsp3) is 0.600. The Kier molecular flexibility index (Phi) is 2.32. The lowest BCUT2D eigenvalue weighted by Gasteiger charge is -2.61. The highest BCUT2D eigenvalue weighted by Gasteiger charge is 2.85. The van der Waals surface area contributed by atoms with E-state index in [9.17, 15) is 19.2 Å². The fourth-order valence-corrected chi connectivity index (χ4v) is 5.19. The number of fused-ring (bicyclic) bond motifs is 4. The molecule has 19 heavy (non-hydrogen) atoms. The second kappa shape index (κ2) is 3.38. The summed E-state index contributed by atoms with van der Waals surface area (Å²) in [5.74, 6) is -2.34. The predicted octanol–water partition coefficient (Wildman–Crippen LogP) is -0.568. The maximum atomic E-state index is 12.2. The predicted molar refractivity (Wildman–Crippen MR) is 69.7 cm³/mol. The molecule has 0 unspecified atom stereocenters. The van der Waals surface area contributed by atoms with Crippen molar-refractivity contribution < 1.29 is 19.2 Å². The maximum absolute atomic E-state index is 12.2. The number of alkyl halides is 2. The third kappa shape index (κ3) is 1.07. The van der Waals surface area contributed by atoms with Crippen LogP contribution < -0.4 is 5.32 Å². The number of nitrogens with one attached hydrogen (secondary N) is 1. The van der Waals surface area contributed by atoms with Gasteiger partial charge in [0.2, 0.25) is 17.7 Å². The van der Waals surface area contributed by atoms with E-state index in [4.69, 9.17) is 0 Å². The molecule has 0 aromatic heterocycles. The Morgan fingerprint density at radius 2 is 1.58 bits per heavy atom.